The quantitative estimate of drug-likeness (QED) is 0.314. The van der Waals surface area contributed by atoms with E-state index in [4.69, 9.17) is 0 Å². The second kappa shape index (κ2) is 5.28. The molecule has 0 aliphatic carbocycles. The number of hydrogen-bond donors (Lipinski definition) is 0. The normalized spacial score (nSPS) is 10.0. The molecule has 0 rings (SSSR count). The molecule has 3 nitrogen and oxygen atoms in total. The van der Waals surface area contributed by atoms with Gasteiger partial charge in [0.05, 0.1) is 0 Å². The lowest BCUT2D eigenvalue weighted by Gasteiger charge is -2.01. The maximum Gasteiger partial charge on any atom is 0.105 e. The standard InChI is InChI=1S/C6H13N3/c1-4-5-8-6-9(3)7-2/h6H,2,4-5H2,1,3H3/b8-6-. The third-order valence-electron chi connectivity index (χ3n) is 0.825. The third kappa shape index (κ3) is 5.00. The van der Waals surface area contributed by atoms with Crippen molar-refractivity contribution < 1.29 is 0 Å². The van der Waals surface area contributed by atoms with E-state index in [1.165, 1.54) is 0 Å². The first-order valence-electron chi connectivity index (χ1n) is 3.00. The first kappa shape index (κ1) is 8.14. The van der Waals surface area contributed by atoms with Crippen molar-refractivity contribution in [3.8, 4) is 0 Å². The molecule has 0 aliphatic rings. The van der Waals surface area contributed by atoms with Gasteiger partial charge in [-0.2, -0.15) is 5.10 Å². The molecule has 3 heteroatoms. The number of rotatable bonds is 4. The summed E-state index contributed by atoms with van der Waals surface area (Å²) in [6.07, 6.45) is 2.73. The summed E-state index contributed by atoms with van der Waals surface area (Å²) in [5, 5.41) is 5.17. The van der Waals surface area contributed by atoms with Gasteiger partial charge in [0.15, 0.2) is 0 Å². The predicted octanol–water partition coefficient (Wildman–Crippen LogP) is 0.972. The van der Waals surface area contributed by atoms with Crippen molar-refractivity contribution in [2.24, 2.45) is 10.1 Å². The molecule has 0 N–H and O–H groups in total. The van der Waals surface area contributed by atoms with Gasteiger partial charge < -0.3 is 0 Å². The van der Waals surface area contributed by atoms with Gasteiger partial charge in [0.2, 0.25) is 0 Å². The topological polar surface area (TPSA) is 28.0 Å². The lowest BCUT2D eigenvalue weighted by Crippen LogP contribution is -2.06. The first-order valence-corrected chi connectivity index (χ1v) is 3.00. The summed E-state index contributed by atoms with van der Waals surface area (Å²) in [6, 6.07) is 0. The van der Waals surface area contributed by atoms with Crippen LogP contribution in [0.2, 0.25) is 0 Å². The van der Waals surface area contributed by atoms with Gasteiger partial charge in [0.1, 0.15) is 6.34 Å². The molecule has 0 spiro atoms. The fraction of sp³-hybridized carbons (Fsp3) is 0.667. The average molecular weight is 127 g/mol. The molecule has 0 heterocycles. The SMILES string of the molecule is C=NN(C)/C=N\CCC. The molecule has 0 saturated heterocycles. The molecule has 0 amide bonds. The molecule has 0 aromatic rings. The van der Waals surface area contributed by atoms with Gasteiger partial charge in [-0.15, -0.1) is 0 Å². The maximum atomic E-state index is 4.03. The van der Waals surface area contributed by atoms with Crippen LogP contribution in [-0.4, -0.2) is 31.7 Å². The molecular weight excluding hydrogens is 114 g/mol. The van der Waals surface area contributed by atoms with Gasteiger partial charge in [0, 0.05) is 20.3 Å². The molecule has 0 aliphatic heterocycles. The molecule has 0 atom stereocenters. The number of aliphatic imine (C=N–C) groups is 1. The molecule has 0 unspecified atom stereocenters. The smallest absolute Gasteiger partial charge is 0.105 e. The summed E-state index contributed by atoms with van der Waals surface area (Å²) in [6.45, 7) is 6.27. The Hall–Kier alpha value is -0.860. The Labute approximate surface area is 56.1 Å². The zero-order valence-electron chi connectivity index (χ0n) is 6.04. The van der Waals surface area contributed by atoms with Crippen LogP contribution in [-0.2, 0) is 0 Å². The molecule has 52 valence electrons. The Kier molecular flexibility index (Phi) is 4.78. The van der Waals surface area contributed by atoms with Crippen molar-refractivity contribution in [3.63, 3.8) is 0 Å². The van der Waals surface area contributed by atoms with Crippen LogP contribution in [0.15, 0.2) is 10.1 Å². The van der Waals surface area contributed by atoms with Gasteiger partial charge in [-0.05, 0) is 6.42 Å². The Balaban J connectivity index is 3.31. The Bertz CT molecular complexity index is 98.5. The Morgan fingerprint density at radius 3 is 2.78 bits per heavy atom. The average Bonchev–Trinajstić information content (AvgIpc) is 1.89. The summed E-state index contributed by atoms with van der Waals surface area (Å²) >= 11 is 0. The van der Waals surface area contributed by atoms with Crippen LogP contribution >= 0.6 is 0 Å². The highest BCUT2D eigenvalue weighted by Gasteiger charge is 1.78. The zero-order chi connectivity index (χ0) is 7.11. The lowest BCUT2D eigenvalue weighted by atomic mass is 10.5. The summed E-state index contributed by atoms with van der Waals surface area (Å²) in [5.74, 6) is 0. The number of nitrogens with zero attached hydrogens (tertiary/aromatic N) is 3. The van der Waals surface area contributed by atoms with Crippen LogP contribution in [0, 0.1) is 0 Å². The van der Waals surface area contributed by atoms with Crippen molar-refractivity contribution in [1.29, 1.82) is 0 Å². The third-order valence-corrected chi connectivity index (χ3v) is 0.825. The molecule has 0 saturated carbocycles. The maximum absolute atomic E-state index is 4.03. The molecule has 0 fully saturated rings. The number of hydrogen-bond acceptors (Lipinski definition) is 2. The minimum absolute atomic E-state index is 0.861. The summed E-state index contributed by atoms with van der Waals surface area (Å²) in [4.78, 5) is 4.03. The molecular formula is C6H13N3. The van der Waals surface area contributed by atoms with Crippen molar-refractivity contribution >= 4 is 13.1 Å². The predicted molar refractivity (Wildman–Crippen MR) is 41.0 cm³/mol. The molecule has 9 heavy (non-hydrogen) atoms. The van der Waals surface area contributed by atoms with Crippen molar-refractivity contribution in [2.45, 2.75) is 13.3 Å². The molecule has 0 radical (unpaired) electrons. The molecule has 0 aromatic carbocycles. The van der Waals surface area contributed by atoms with E-state index in [-0.39, 0.29) is 0 Å². The van der Waals surface area contributed by atoms with Crippen LogP contribution in [0.25, 0.3) is 0 Å². The van der Waals surface area contributed by atoms with E-state index in [2.05, 4.69) is 23.7 Å². The zero-order valence-corrected chi connectivity index (χ0v) is 6.04. The van der Waals surface area contributed by atoms with Crippen LogP contribution in [0.4, 0.5) is 0 Å². The molecule has 0 aromatic heterocycles. The minimum Gasteiger partial charge on any atom is -0.274 e. The highest BCUT2D eigenvalue weighted by Crippen LogP contribution is 1.78. The molecule has 0 bridgehead atoms. The van der Waals surface area contributed by atoms with E-state index in [0.29, 0.717) is 0 Å². The monoisotopic (exact) mass is 127 g/mol. The highest BCUT2D eigenvalue weighted by atomic mass is 15.4. The number of hydrazone groups is 1. The lowest BCUT2D eigenvalue weighted by molar-refractivity contribution is 0.564. The fourth-order valence-corrected chi connectivity index (χ4v) is 0.342. The second-order valence-corrected chi connectivity index (χ2v) is 1.74. The van der Waals surface area contributed by atoms with Crippen LogP contribution < -0.4 is 0 Å². The van der Waals surface area contributed by atoms with Gasteiger partial charge in [-0.3, -0.25) is 10.0 Å². The van der Waals surface area contributed by atoms with E-state index in [1.54, 1.807) is 18.4 Å². The van der Waals surface area contributed by atoms with Crippen LogP contribution in [0.5, 0.6) is 0 Å². The van der Waals surface area contributed by atoms with E-state index in [1.807, 2.05) is 0 Å². The van der Waals surface area contributed by atoms with Gasteiger partial charge >= 0.3 is 0 Å². The summed E-state index contributed by atoms with van der Waals surface area (Å²) < 4.78 is 0. The minimum atomic E-state index is 0.861. The van der Waals surface area contributed by atoms with Crippen LogP contribution in [0.1, 0.15) is 13.3 Å². The Morgan fingerprint density at radius 2 is 2.33 bits per heavy atom. The van der Waals surface area contributed by atoms with Gasteiger partial charge in [-0.1, -0.05) is 6.92 Å². The van der Waals surface area contributed by atoms with Crippen molar-refractivity contribution in [2.75, 3.05) is 13.6 Å². The first-order chi connectivity index (χ1) is 4.31. The summed E-state index contributed by atoms with van der Waals surface area (Å²) in [5.41, 5.74) is 0. The van der Waals surface area contributed by atoms with Gasteiger partial charge in [0.25, 0.3) is 0 Å². The van der Waals surface area contributed by atoms with Crippen molar-refractivity contribution in [1.82, 2.24) is 5.01 Å². The largest absolute Gasteiger partial charge is 0.274 e. The second-order valence-electron chi connectivity index (χ2n) is 1.74. The van der Waals surface area contributed by atoms with Gasteiger partial charge in [-0.25, -0.2) is 0 Å². The highest BCUT2D eigenvalue weighted by molar-refractivity contribution is 5.54. The van der Waals surface area contributed by atoms with E-state index in [9.17, 15) is 0 Å². The van der Waals surface area contributed by atoms with E-state index in [0.717, 1.165) is 13.0 Å². The van der Waals surface area contributed by atoms with Crippen LogP contribution in [0.3, 0.4) is 0 Å². The fourth-order valence-electron chi connectivity index (χ4n) is 0.342. The Morgan fingerprint density at radius 1 is 1.67 bits per heavy atom. The van der Waals surface area contributed by atoms with Crippen molar-refractivity contribution in [3.05, 3.63) is 0 Å². The van der Waals surface area contributed by atoms with E-state index >= 15 is 0 Å². The summed E-state index contributed by atoms with van der Waals surface area (Å²) in [7, 11) is 1.80. The van der Waals surface area contributed by atoms with E-state index < -0.39 is 0 Å².